The molecule has 0 aliphatic carbocycles. The maximum Gasteiger partial charge on any atom is 0.181 e. The molecule has 0 radical (unpaired) electrons. The van der Waals surface area contributed by atoms with E-state index in [1.807, 2.05) is 12.1 Å². The molecule has 0 amide bonds. The van der Waals surface area contributed by atoms with Crippen LogP contribution in [0, 0.1) is 6.92 Å². The predicted molar refractivity (Wildman–Crippen MR) is 116 cm³/mol. The lowest BCUT2D eigenvalue weighted by Crippen LogP contribution is -2.50. The summed E-state index contributed by atoms with van der Waals surface area (Å²) < 4.78 is 6.37. The summed E-state index contributed by atoms with van der Waals surface area (Å²) in [6.45, 7) is 4.32. The van der Waals surface area contributed by atoms with Crippen molar-refractivity contribution in [2.45, 2.75) is 38.3 Å². The molecule has 0 aromatic heterocycles. The van der Waals surface area contributed by atoms with Crippen molar-refractivity contribution in [1.82, 2.24) is 4.90 Å². The van der Waals surface area contributed by atoms with E-state index in [1.165, 1.54) is 17.2 Å². The fourth-order valence-electron chi connectivity index (χ4n) is 4.32. The highest BCUT2D eigenvalue weighted by molar-refractivity contribution is 6.01. The summed E-state index contributed by atoms with van der Waals surface area (Å²) in [5.41, 5.74) is 3.49. The number of ether oxygens (including phenoxy) is 1. The molecule has 156 valence electrons. The van der Waals surface area contributed by atoms with Gasteiger partial charge in [-0.3, -0.25) is 14.5 Å². The largest absolute Gasteiger partial charge is 0.486 e. The molecule has 2 heterocycles. The van der Waals surface area contributed by atoms with E-state index in [4.69, 9.17) is 9.84 Å². The molecule has 2 aliphatic heterocycles. The molecule has 1 saturated heterocycles. The van der Waals surface area contributed by atoms with Crippen molar-refractivity contribution < 1.29 is 19.4 Å². The zero-order valence-corrected chi connectivity index (χ0v) is 17.3. The summed E-state index contributed by atoms with van der Waals surface area (Å²) in [5, 5.41) is 8.82. The Balaban J connectivity index is 1.43. The van der Waals surface area contributed by atoms with Gasteiger partial charge in [0.05, 0.1) is 12.0 Å². The van der Waals surface area contributed by atoms with Gasteiger partial charge in [0.25, 0.3) is 0 Å². The fourth-order valence-corrected chi connectivity index (χ4v) is 4.32. The Labute approximate surface area is 177 Å². The minimum absolute atomic E-state index is 0.0899. The summed E-state index contributed by atoms with van der Waals surface area (Å²) >= 11 is 0. The van der Waals surface area contributed by atoms with E-state index in [9.17, 15) is 9.59 Å². The molecule has 4 rings (SSSR count). The van der Waals surface area contributed by atoms with Crippen LogP contribution in [0.1, 0.15) is 46.3 Å². The Morgan fingerprint density at radius 3 is 2.73 bits per heavy atom. The first kappa shape index (κ1) is 20.5. The van der Waals surface area contributed by atoms with Gasteiger partial charge < -0.3 is 9.84 Å². The number of hydrogen-bond acceptors (Lipinski definition) is 5. The Morgan fingerprint density at radius 2 is 2.00 bits per heavy atom. The maximum absolute atomic E-state index is 12.9. The quantitative estimate of drug-likeness (QED) is 0.771. The summed E-state index contributed by atoms with van der Waals surface area (Å²) in [5.74, 6) is 0.350. The van der Waals surface area contributed by atoms with Crippen molar-refractivity contribution in [3.8, 4) is 5.75 Å². The predicted octanol–water partition coefficient (Wildman–Crippen LogP) is 3.57. The molecule has 0 unspecified atom stereocenters. The average Bonchev–Trinajstić information content (AvgIpc) is 2.74. The smallest absolute Gasteiger partial charge is 0.181 e. The van der Waals surface area contributed by atoms with Crippen LogP contribution < -0.4 is 4.74 Å². The van der Waals surface area contributed by atoms with Gasteiger partial charge in [0.2, 0.25) is 0 Å². The van der Waals surface area contributed by atoms with Gasteiger partial charge in [0.15, 0.2) is 11.6 Å². The lowest BCUT2D eigenvalue weighted by atomic mass is 9.82. The van der Waals surface area contributed by atoms with Gasteiger partial charge in [-0.25, -0.2) is 0 Å². The number of fused-ring (bicyclic) bond motifs is 1. The van der Waals surface area contributed by atoms with E-state index in [1.54, 1.807) is 12.1 Å². The summed E-state index contributed by atoms with van der Waals surface area (Å²) in [4.78, 5) is 26.6. The normalized spacial score (nSPS) is 18.4. The number of aliphatic hydroxyl groups is 1. The highest BCUT2D eigenvalue weighted by Gasteiger charge is 2.42. The van der Waals surface area contributed by atoms with Crippen LogP contribution in [-0.4, -0.2) is 46.9 Å². The second kappa shape index (κ2) is 8.54. The SMILES string of the molecule is Cc1cccc(CN2CCC3(CC2)CC(=O)c2cc(/C=C/C(=O)CO)ccc2O3)c1. The van der Waals surface area contributed by atoms with Crippen LogP contribution >= 0.6 is 0 Å². The zero-order chi connectivity index (χ0) is 21.1. The molecule has 2 aromatic carbocycles. The molecule has 0 bridgehead atoms. The average molecular weight is 405 g/mol. The highest BCUT2D eigenvalue weighted by atomic mass is 16.5. The van der Waals surface area contributed by atoms with Gasteiger partial charge in [0, 0.05) is 32.5 Å². The number of aliphatic hydroxyl groups excluding tert-OH is 1. The van der Waals surface area contributed by atoms with E-state index >= 15 is 0 Å². The van der Waals surface area contributed by atoms with Gasteiger partial charge in [-0.2, -0.15) is 0 Å². The van der Waals surface area contributed by atoms with Crippen molar-refractivity contribution in [2.75, 3.05) is 19.7 Å². The number of carbonyl (C=O) groups is 2. The fraction of sp³-hybridized carbons (Fsp3) is 0.360. The van der Waals surface area contributed by atoms with Crippen molar-refractivity contribution in [1.29, 1.82) is 0 Å². The number of hydrogen-bond donors (Lipinski definition) is 1. The number of benzene rings is 2. The Hall–Kier alpha value is -2.76. The highest BCUT2D eigenvalue weighted by Crippen LogP contribution is 2.40. The second-order valence-electron chi connectivity index (χ2n) is 8.36. The first-order chi connectivity index (χ1) is 14.5. The van der Waals surface area contributed by atoms with E-state index < -0.39 is 12.2 Å². The number of Topliss-reactive ketones (excluding diaryl/α,β-unsaturated/α-hetero) is 1. The number of aryl methyl sites for hydroxylation is 1. The molecule has 2 aliphatic rings. The first-order valence-electron chi connectivity index (χ1n) is 10.4. The van der Waals surface area contributed by atoms with Gasteiger partial charge in [-0.1, -0.05) is 42.0 Å². The summed E-state index contributed by atoms with van der Waals surface area (Å²) in [6.07, 6.45) is 4.98. The third-order valence-corrected chi connectivity index (χ3v) is 5.99. The van der Waals surface area contributed by atoms with E-state index in [-0.39, 0.29) is 11.6 Å². The number of carbonyl (C=O) groups excluding carboxylic acids is 2. The third kappa shape index (κ3) is 4.53. The molecule has 30 heavy (non-hydrogen) atoms. The first-order valence-corrected chi connectivity index (χ1v) is 10.4. The molecule has 0 atom stereocenters. The molecule has 5 nitrogen and oxygen atoms in total. The second-order valence-corrected chi connectivity index (χ2v) is 8.36. The van der Waals surface area contributed by atoms with Crippen molar-refractivity contribution in [2.24, 2.45) is 0 Å². The lowest BCUT2D eigenvalue weighted by molar-refractivity contribution is -0.117. The van der Waals surface area contributed by atoms with E-state index in [2.05, 4.69) is 36.1 Å². The number of piperidine rings is 1. The van der Waals surface area contributed by atoms with E-state index in [0.29, 0.717) is 17.7 Å². The summed E-state index contributed by atoms with van der Waals surface area (Å²) in [6, 6.07) is 14.0. The van der Waals surface area contributed by atoms with Crippen LogP contribution in [0.15, 0.2) is 48.5 Å². The van der Waals surface area contributed by atoms with Gasteiger partial charge in [0.1, 0.15) is 18.0 Å². The molecule has 1 N–H and O–H groups in total. The lowest BCUT2D eigenvalue weighted by Gasteiger charge is -2.44. The minimum Gasteiger partial charge on any atom is -0.486 e. The molecule has 1 fully saturated rings. The van der Waals surface area contributed by atoms with Crippen molar-refractivity contribution >= 4 is 17.6 Å². The molecule has 5 heteroatoms. The minimum atomic E-state index is -0.521. The van der Waals surface area contributed by atoms with Gasteiger partial charge in [-0.05, 0) is 36.3 Å². The molecular formula is C25H27NO4. The number of nitrogens with zero attached hydrogens (tertiary/aromatic N) is 1. The van der Waals surface area contributed by atoms with Crippen LogP contribution in [0.3, 0.4) is 0 Å². The van der Waals surface area contributed by atoms with Gasteiger partial charge in [-0.15, -0.1) is 0 Å². The van der Waals surface area contributed by atoms with Crippen LogP contribution in [0.2, 0.25) is 0 Å². The molecule has 2 aromatic rings. The van der Waals surface area contributed by atoms with Crippen molar-refractivity contribution in [3.63, 3.8) is 0 Å². The number of likely N-dealkylation sites (tertiary alicyclic amines) is 1. The third-order valence-electron chi connectivity index (χ3n) is 5.99. The van der Waals surface area contributed by atoms with Gasteiger partial charge >= 0.3 is 0 Å². The number of ketones is 2. The maximum atomic E-state index is 12.9. The Kier molecular flexibility index (Phi) is 5.84. The van der Waals surface area contributed by atoms with Crippen LogP contribution in [-0.2, 0) is 11.3 Å². The summed E-state index contributed by atoms with van der Waals surface area (Å²) in [7, 11) is 0. The standard InChI is InChI=1S/C25H27NO4/c1-18-3-2-4-20(13-18)16-26-11-9-25(10-12-26)15-23(29)22-14-19(5-7-21(28)17-27)6-8-24(22)30-25/h2-8,13-14,27H,9-12,15-17H2,1H3/b7-5+. The Bertz CT molecular complexity index is 986. The monoisotopic (exact) mass is 405 g/mol. The topological polar surface area (TPSA) is 66.8 Å². The number of rotatable bonds is 5. The Morgan fingerprint density at radius 1 is 1.20 bits per heavy atom. The molecule has 0 saturated carbocycles. The van der Waals surface area contributed by atoms with E-state index in [0.717, 1.165) is 38.0 Å². The molecular weight excluding hydrogens is 378 g/mol. The van der Waals surface area contributed by atoms with Crippen LogP contribution in [0.25, 0.3) is 6.08 Å². The van der Waals surface area contributed by atoms with Crippen LogP contribution in [0.4, 0.5) is 0 Å². The van der Waals surface area contributed by atoms with Crippen LogP contribution in [0.5, 0.6) is 5.75 Å². The zero-order valence-electron chi connectivity index (χ0n) is 17.3. The van der Waals surface area contributed by atoms with Crippen molar-refractivity contribution in [3.05, 3.63) is 70.8 Å². The molecule has 1 spiro atoms.